The molecule has 16 heteroatoms. The number of aromatic nitrogens is 2. The van der Waals surface area contributed by atoms with Crippen LogP contribution in [0.15, 0.2) is 73.2 Å². The monoisotopic (exact) mass is 787 g/mol. The number of rotatable bonds is 22. The number of imidazole rings is 1. The summed E-state index contributed by atoms with van der Waals surface area (Å²) < 4.78 is 0. The minimum atomic E-state index is -1.19. The number of amides is 5. The maximum Gasteiger partial charge on any atom is 0.326 e. The quantitative estimate of drug-likeness (QED) is 0.0677. The second kappa shape index (κ2) is 22.2. The molecule has 1 aliphatic rings. The van der Waals surface area contributed by atoms with E-state index in [0.717, 1.165) is 24.0 Å². The largest absolute Gasteiger partial charge is 0.480 e. The molecule has 0 spiro atoms. The number of nitrogens with zero attached hydrogens (tertiary/aromatic N) is 2. The van der Waals surface area contributed by atoms with Crippen molar-refractivity contribution < 1.29 is 33.9 Å². The van der Waals surface area contributed by atoms with Gasteiger partial charge in [-0.25, -0.2) is 9.78 Å². The second-order valence-corrected chi connectivity index (χ2v) is 14.8. The fourth-order valence-corrected chi connectivity index (χ4v) is 6.74. The number of nitrogens with one attached hydrogen (secondary N) is 6. The minimum absolute atomic E-state index is 0.0830. The first kappa shape index (κ1) is 44.1. The summed E-state index contributed by atoms with van der Waals surface area (Å²) in [5, 5.41) is 24.0. The van der Waals surface area contributed by atoms with E-state index >= 15 is 0 Å². The Bertz CT molecular complexity index is 1760. The third kappa shape index (κ3) is 13.5. The Morgan fingerprint density at radius 2 is 1.51 bits per heavy atom. The van der Waals surface area contributed by atoms with E-state index in [1.807, 2.05) is 43.3 Å². The highest BCUT2D eigenvalue weighted by Gasteiger charge is 2.39. The van der Waals surface area contributed by atoms with Gasteiger partial charge in [0.15, 0.2) is 0 Å². The van der Waals surface area contributed by atoms with Gasteiger partial charge in [-0.15, -0.1) is 0 Å². The predicted octanol–water partition coefficient (Wildman–Crippen LogP) is 1.17. The van der Waals surface area contributed by atoms with Crippen LogP contribution >= 0.6 is 0 Å². The lowest BCUT2D eigenvalue weighted by Gasteiger charge is -2.30. The van der Waals surface area contributed by atoms with E-state index < -0.39 is 71.8 Å². The van der Waals surface area contributed by atoms with Crippen LogP contribution in [-0.2, 0) is 48.0 Å². The van der Waals surface area contributed by atoms with Gasteiger partial charge in [0, 0.05) is 37.7 Å². The van der Waals surface area contributed by atoms with Crippen molar-refractivity contribution in [2.45, 2.75) is 108 Å². The number of likely N-dealkylation sites (tertiary alicyclic amines) is 1. The van der Waals surface area contributed by atoms with Gasteiger partial charge in [-0.3, -0.25) is 29.3 Å². The number of aliphatic carboxylic acids is 1. The van der Waals surface area contributed by atoms with E-state index in [9.17, 15) is 33.9 Å². The van der Waals surface area contributed by atoms with E-state index in [1.165, 1.54) is 11.2 Å². The Kier molecular flexibility index (Phi) is 17.2. The summed E-state index contributed by atoms with van der Waals surface area (Å²) in [4.78, 5) is 88.5. The van der Waals surface area contributed by atoms with Crippen LogP contribution in [-0.4, -0.2) is 105 Å². The first-order valence-electron chi connectivity index (χ1n) is 19.6. The molecular weight excluding hydrogens is 731 g/mol. The fourth-order valence-electron chi connectivity index (χ4n) is 6.74. The smallest absolute Gasteiger partial charge is 0.326 e. The summed E-state index contributed by atoms with van der Waals surface area (Å²) in [5.74, 6) is -4.01. The molecule has 0 bridgehead atoms. The molecule has 5 amide bonds. The van der Waals surface area contributed by atoms with Crippen molar-refractivity contribution in [3.05, 3.63) is 90.0 Å². The molecule has 16 nitrogen and oxygen atoms in total. The molecule has 308 valence electrons. The van der Waals surface area contributed by atoms with Gasteiger partial charge in [0.05, 0.1) is 25.1 Å². The molecule has 1 fully saturated rings. The van der Waals surface area contributed by atoms with Gasteiger partial charge in [0.1, 0.15) is 24.2 Å². The molecule has 0 radical (unpaired) electrons. The maximum atomic E-state index is 14.1. The molecule has 0 aliphatic carbocycles. The maximum absolute atomic E-state index is 14.1. The number of carbonyl (C=O) groups is 6. The van der Waals surface area contributed by atoms with Crippen LogP contribution < -0.4 is 32.3 Å². The van der Waals surface area contributed by atoms with Gasteiger partial charge in [-0.2, -0.15) is 0 Å². The third-order valence-corrected chi connectivity index (χ3v) is 9.99. The molecule has 4 rings (SSSR count). The summed E-state index contributed by atoms with van der Waals surface area (Å²) in [5.41, 5.74) is 8.31. The Hall–Kier alpha value is -5.61. The molecule has 1 aromatic heterocycles. The van der Waals surface area contributed by atoms with Crippen molar-refractivity contribution in [2.75, 3.05) is 13.2 Å². The lowest BCUT2D eigenvalue weighted by Crippen LogP contribution is -2.59. The molecule has 2 aromatic carbocycles. The second-order valence-electron chi connectivity index (χ2n) is 14.8. The Morgan fingerprint density at radius 3 is 2.09 bits per heavy atom. The lowest BCUT2D eigenvalue weighted by atomic mass is 10.0. The van der Waals surface area contributed by atoms with Crippen LogP contribution in [0.3, 0.4) is 0 Å². The van der Waals surface area contributed by atoms with Crippen LogP contribution in [0, 0.1) is 5.92 Å². The molecule has 0 unspecified atom stereocenters. The molecule has 57 heavy (non-hydrogen) atoms. The van der Waals surface area contributed by atoms with Crippen LogP contribution in [0.4, 0.5) is 0 Å². The van der Waals surface area contributed by atoms with E-state index in [1.54, 1.807) is 44.3 Å². The Balaban J connectivity index is 1.41. The van der Waals surface area contributed by atoms with Crippen LogP contribution in [0.25, 0.3) is 0 Å². The molecule has 1 saturated heterocycles. The van der Waals surface area contributed by atoms with Crippen molar-refractivity contribution in [1.29, 1.82) is 0 Å². The van der Waals surface area contributed by atoms with Gasteiger partial charge in [0.25, 0.3) is 0 Å². The summed E-state index contributed by atoms with van der Waals surface area (Å²) in [6.45, 7) is 5.68. The molecule has 3 aromatic rings. The minimum Gasteiger partial charge on any atom is -0.480 e. The van der Waals surface area contributed by atoms with E-state index in [-0.39, 0.29) is 38.4 Å². The standard InChI is InChI=1S/C41H57N9O7/c1-4-5-17-30(42)36(51)47-31(20-27-13-8-6-9-14-27)37(52)49-35(26(2)3)39(54)46-25-45-32(22-29-23-43-24-44-29)40(55)50-19-12-18-34(50)38(53)48-33(41(56)57)21-28-15-10-7-11-16-28/h6-11,13-16,23-24,26,30-35,45H,4-5,12,17-22,25,42H2,1-3H3,(H,43,44)(H,46,54)(H,47,51)(H,48,53)(H,49,52)(H,56,57)/t30-,31-,32-,33-,34-,35-/m0/s1. The fraction of sp³-hybridized carbons (Fsp3) is 0.488. The van der Waals surface area contributed by atoms with E-state index in [0.29, 0.717) is 25.0 Å². The highest BCUT2D eigenvalue weighted by Crippen LogP contribution is 2.20. The van der Waals surface area contributed by atoms with E-state index in [4.69, 9.17) is 5.73 Å². The highest BCUT2D eigenvalue weighted by molar-refractivity contribution is 5.94. The topological polar surface area (TPSA) is 241 Å². The SMILES string of the molecule is CCCC[C@H](N)C(=O)N[C@@H](Cc1ccccc1)C(=O)N[C@H](C(=O)NCN[C@@H](Cc1cnc[nH]1)C(=O)N1CCC[C@H]1C(=O)N[C@@H](Cc1ccccc1)C(=O)O)C(C)C. The van der Waals surface area contributed by atoms with Crippen molar-refractivity contribution in [2.24, 2.45) is 11.7 Å². The number of hydrogen-bond acceptors (Lipinski definition) is 9. The summed E-state index contributed by atoms with van der Waals surface area (Å²) in [6, 6.07) is 12.4. The van der Waals surface area contributed by atoms with Gasteiger partial charge >= 0.3 is 5.97 Å². The Labute approximate surface area is 333 Å². The van der Waals surface area contributed by atoms with Crippen LogP contribution in [0.2, 0.25) is 0 Å². The van der Waals surface area contributed by atoms with Crippen molar-refractivity contribution in [1.82, 2.24) is 41.5 Å². The third-order valence-electron chi connectivity index (χ3n) is 9.99. The molecule has 9 N–H and O–H groups in total. The van der Waals surface area contributed by atoms with Crippen LogP contribution in [0.1, 0.15) is 69.7 Å². The summed E-state index contributed by atoms with van der Waals surface area (Å²) >= 11 is 0. The normalized spacial score (nSPS) is 16.5. The molecule has 1 aliphatic heterocycles. The number of nitrogens with two attached hydrogens (primary N) is 1. The average Bonchev–Trinajstić information content (AvgIpc) is 3.91. The van der Waals surface area contributed by atoms with E-state index in [2.05, 4.69) is 36.6 Å². The average molecular weight is 788 g/mol. The van der Waals surface area contributed by atoms with Gasteiger partial charge < -0.3 is 42.0 Å². The number of carbonyl (C=O) groups excluding carboxylic acids is 5. The zero-order valence-electron chi connectivity index (χ0n) is 32.9. The first-order valence-corrected chi connectivity index (χ1v) is 19.6. The zero-order valence-corrected chi connectivity index (χ0v) is 32.9. The number of unbranched alkanes of at least 4 members (excludes halogenated alkanes) is 1. The molecule has 0 saturated carbocycles. The molecule has 6 atom stereocenters. The first-order chi connectivity index (χ1) is 27.4. The van der Waals surface area contributed by atoms with Crippen molar-refractivity contribution in [3.8, 4) is 0 Å². The molecular formula is C41H57N9O7. The van der Waals surface area contributed by atoms with Gasteiger partial charge in [-0.05, 0) is 36.3 Å². The number of aromatic amines is 1. The number of hydrogen-bond donors (Lipinski definition) is 8. The number of carboxylic acids is 1. The van der Waals surface area contributed by atoms with Crippen LogP contribution in [0.5, 0.6) is 0 Å². The summed E-state index contributed by atoms with van der Waals surface area (Å²) in [6.07, 6.45) is 6.47. The van der Waals surface area contributed by atoms with Crippen molar-refractivity contribution in [3.63, 3.8) is 0 Å². The molecule has 2 heterocycles. The van der Waals surface area contributed by atoms with Gasteiger partial charge in [0.2, 0.25) is 29.5 Å². The number of benzene rings is 2. The lowest BCUT2D eigenvalue weighted by molar-refractivity contribution is -0.144. The zero-order chi connectivity index (χ0) is 41.3. The highest BCUT2D eigenvalue weighted by atomic mass is 16.4. The van der Waals surface area contributed by atoms with Crippen molar-refractivity contribution >= 4 is 35.5 Å². The Morgan fingerprint density at radius 1 is 0.860 bits per heavy atom. The number of carboxylic acid groups (broad SMARTS) is 1. The summed E-state index contributed by atoms with van der Waals surface area (Å²) in [7, 11) is 0. The number of H-pyrrole nitrogens is 1. The van der Waals surface area contributed by atoms with Gasteiger partial charge in [-0.1, -0.05) is 94.3 Å². The predicted molar refractivity (Wildman–Crippen MR) is 213 cm³/mol.